The van der Waals surface area contributed by atoms with Crippen molar-refractivity contribution in [2.75, 3.05) is 185 Å². The minimum Gasteiger partial charge on any atom is -0.447 e. The molecule has 0 spiro atoms. The Balaban J connectivity index is 0.000000322. The van der Waals surface area contributed by atoms with Crippen molar-refractivity contribution < 1.29 is 91.5 Å². The lowest BCUT2D eigenvalue weighted by molar-refractivity contribution is -0.132. The van der Waals surface area contributed by atoms with Gasteiger partial charge in [-0.15, -0.1) is 12.4 Å². The first-order valence-corrected chi connectivity index (χ1v) is 46.5. The van der Waals surface area contributed by atoms with Crippen LogP contribution in [0.3, 0.4) is 0 Å². The Morgan fingerprint density at radius 1 is 0.412 bits per heavy atom. The van der Waals surface area contributed by atoms with E-state index in [-0.39, 0.29) is 123 Å². The number of likely N-dealkylation sites (N-methyl/N-ethyl adjacent to an activating group) is 3. The molecule has 5 amide bonds. The van der Waals surface area contributed by atoms with Gasteiger partial charge in [-0.2, -0.15) is 0 Å². The smallest absolute Gasteiger partial charge is 0.408 e. The van der Waals surface area contributed by atoms with Crippen LogP contribution in [0.25, 0.3) is 0 Å². The zero-order valence-corrected chi connectivity index (χ0v) is 82.5. The number of ether oxygens (including phenoxy) is 9. The molecule has 0 aromatic heterocycles. The van der Waals surface area contributed by atoms with Crippen molar-refractivity contribution in [3.63, 3.8) is 0 Å². The summed E-state index contributed by atoms with van der Waals surface area (Å²) in [5, 5.41) is 38.2. The van der Waals surface area contributed by atoms with Gasteiger partial charge in [-0.3, -0.25) is 38.7 Å². The molecule has 3 fully saturated rings. The summed E-state index contributed by atoms with van der Waals surface area (Å²) in [7, 11) is 6.97. The number of halogens is 7. The molecule has 8 atom stereocenters. The maximum atomic E-state index is 13.6. The van der Waals surface area contributed by atoms with Gasteiger partial charge in [-0.1, -0.05) is 176 Å². The highest BCUT2D eigenvalue weighted by Crippen LogP contribution is 2.33. The highest BCUT2D eigenvalue weighted by Gasteiger charge is 2.35. The van der Waals surface area contributed by atoms with Crippen LogP contribution in [-0.4, -0.2) is 302 Å². The first kappa shape index (κ1) is 113. The fourth-order valence-corrected chi connectivity index (χ4v) is 15.9. The Labute approximate surface area is 808 Å². The van der Waals surface area contributed by atoms with E-state index < -0.39 is 42.1 Å². The predicted molar refractivity (Wildman–Crippen MR) is 515 cm³/mol. The molecule has 0 radical (unpaired) electrons. The quantitative estimate of drug-likeness (QED) is 0.0153. The molecule has 28 nitrogen and oxygen atoms in total. The zero-order chi connectivity index (χ0) is 95.0. The van der Waals surface area contributed by atoms with Gasteiger partial charge in [0.15, 0.2) is 11.6 Å². The average Bonchev–Trinajstić information content (AvgIpc) is 1.72. The summed E-state index contributed by atoms with van der Waals surface area (Å²) in [4.78, 5) is 104. The number of aliphatic hydroxyl groups is 3. The van der Waals surface area contributed by atoms with Crippen LogP contribution in [0.4, 0.5) is 15.3 Å². The second-order valence-corrected chi connectivity index (χ2v) is 36.9. The fourth-order valence-electron chi connectivity index (χ4n) is 15.0. The SMILES string of the molecule is CC(C)C(NC(=O)OC(C)(C)C)C(=O)Cc1cccc([C@@H](CN2CC[C@H](O)C2)N(C)C(=O)Cc2ccc(Cl)c(Cl)c2)c1.CN(C(=O)Cc1ccc(Cl)c(Cl)c1)[C@H](CN1CC[C@H](O)C1)c1cccc(N)c1.COCCOCCOCCOCCOCCOCCOCCOC(=O)NC(C(=O)Cc1cccc([C@@H](CN2CC[C@H](O)C2)N(C)C(=O)Cc2ccc(Cl)c(Cl)c2)c1)C(C)C.Cl. The Morgan fingerprint density at radius 3 is 1.00 bits per heavy atom. The molecule has 7 N–H and O–H groups in total. The number of hydrogen-bond acceptors (Lipinski definition) is 23. The highest BCUT2D eigenvalue weighted by atomic mass is 35.5. The molecule has 131 heavy (non-hydrogen) atoms. The number of benzene rings is 6. The van der Waals surface area contributed by atoms with Gasteiger partial charge < -0.3 is 89.0 Å². The van der Waals surface area contributed by atoms with E-state index >= 15 is 0 Å². The first-order valence-electron chi connectivity index (χ1n) is 44.2. The number of ketones is 2. The number of Topliss-reactive ketones (excluding diaryl/α,β-unsaturated/α-hetero) is 2. The number of likely N-dealkylation sites (tertiary alicyclic amines) is 3. The molecule has 9 rings (SSSR count). The van der Waals surface area contributed by atoms with Crippen LogP contribution < -0.4 is 16.4 Å². The normalized spacial score (nSPS) is 16.4. The third kappa shape index (κ3) is 41.2. The van der Waals surface area contributed by atoms with Crippen LogP contribution in [0, 0.1) is 11.8 Å². The Kier molecular flexibility index (Phi) is 50.8. The van der Waals surface area contributed by atoms with Crippen LogP contribution in [0.15, 0.2) is 127 Å². The molecule has 3 saturated heterocycles. The van der Waals surface area contributed by atoms with Gasteiger partial charge in [-0.25, -0.2) is 9.59 Å². The Morgan fingerprint density at radius 2 is 0.710 bits per heavy atom. The largest absolute Gasteiger partial charge is 0.447 e. The molecule has 726 valence electrons. The van der Waals surface area contributed by atoms with E-state index in [1.165, 1.54) is 0 Å². The van der Waals surface area contributed by atoms with Crippen molar-refractivity contribution in [1.82, 2.24) is 40.0 Å². The molecule has 0 bridgehead atoms. The zero-order valence-electron chi connectivity index (χ0n) is 77.1. The van der Waals surface area contributed by atoms with Gasteiger partial charge >= 0.3 is 12.2 Å². The number of rotatable bonds is 49. The minimum absolute atomic E-state index is 0. The molecule has 6 aromatic rings. The van der Waals surface area contributed by atoms with Crippen molar-refractivity contribution in [3.05, 3.63) is 202 Å². The van der Waals surface area contributed by atoms with Crippen LogP contribution in [0.5, 0.6) is 0 Å². The number of methoxy groups -OCH3 is 1. The molecule has 6 aromatic carbocycles. The Bertz CT molecular complexity index is 4520. The number of carbonyl (C=O) groups is 7. The van der Waals surface area contributed by atoms with Gasteiger partial charge in [0.2, 0.25) is 17.7 Å². The number of aliphatic hydroxyl groups excluding tert-OH is 3. The average molecular weight is 1970 g/mol. The summed E-state index contributed by atoms with van der Waals surface area (Å²) >= 11 is 36.6. The standard InChI is InChI=1S/C43H65Cl2N3O12.C32H43Cl2N3O5.C21H25Cl2N3O2.ClH/c1-32(2)42(46-43(52)60-25-24-59-23-22-58-21-20-57-19-18-56-17-16-55-15-14-54-13-12-53-4)40(50)28-33-6-5-7-35(26-33)39(31-48-11-10-36(49)30-48)47(3)41(51)29-34-8-9-37(44)38(45)27-34;1-20(2)30(35-31(41)42-32(3,4)5)28(39)16-21-8-7-9-23(14-21)27(19-37-13-12-24(38)18-37)36(6)29(40)17-22-10-11-25(33)26(34)15-22;1-25(21(28)10-14-5-6-18(22)19(23)9-14)20(13-26-8-7-17(27)12-26)15-3-2-4-16(24)11-15;/h5-9,26-27,32,36,39,42,49H,10-25,28-31H2,1-4H3,(H,46,52);7-11,14-15,20,24,27,30,38H,12-13,16-19H2,1-6H3,(H,35,41);2-6,9,11,17,20,27H,7-8,10,12-13,24H2,1H3;1H/t36-,39+,42?;24-,27+,30?;17-,20+;/m000./s1. The van der Waals surface area contributed by atoms with Crippen LogP contribution >= 0.6 is 82.0 Å². The molecule has 0 saturated carbocycles. The molecule has 3 aliphatic heterocycles. The van der Waals surface area contributed by atoms with Gasteiger partial charge in [-0.05, 0) is 145 Å². The van der Waals surface area contributed by atoms with E-state index in [4.69, 9.17) is 118 Å². The Hall–Kier alpha value is -7.08. The number of β-amino-alcohol motifs (C(OH)–C–C–N with tert-alkyl or cyclic N) is 3. The first-order chi connectivity index (χ1) is 61.9. The highest BCUT2D eigenvalue weighted by molar-refractivity contribution is 6.43. The third-order valence-electron chi connectivity index (χ3n) is 22.1. The van der Waals surface area contributed by atoms with Crippen molar-refractivity contribution >= 4 is 129 Å². The van der Waals surface area contributed by atoms with Crippen molar-refractivity contribution in [2.45, 2.75) is 154 Å². The number of nitrogens with two attached hydrogens (primary N) is 1. The number of alkyl carbamates (subject to hydrolysis) is 2. The minimum atomic E-state index is -0.780. The molecule has 0 aliphatic carbocycles. The van der Waals surface area contributed by atoms with E-state index in [0.717, 1.165) is 64.0 Å². The number of nitrogen functional groups attached to an aromatic ring is 1. The second-order valence-electron chi connectivity index (χ2n) is 34.4. The predicted octanol–water partition coefficient (Wildman–Crippen LogP) is 13.7. The van der Waals surface area contributed by atoms with Crippen molar-refractivity contribution in [2.24, 2.45) is 11.8 Å². The van der Waals surface area contributed by atoms with Crippen LogP contribution in [0.1, 0.15) is 130 Å². The summed E-state index contributed by atoms with van der Waals surface area (Å²) < 4.78 is 48.2. The number of anilines is 1. The molecule has 35 heteroatoms. The lowest BCUT2D eigenvalue weighted by atomic mass is 9.93. The van der Waals surface area contributed by atoms with E-state index in [1.54, 1.807) is 112 Å². The van der Waals surface area contributed by atoms with Gasteiger partial charge in [0.05, 0.1) is 184 Å². The molecule has 2 unspecified atom stereocenters. The topological polar surface area (TPSA) is 333 Å². The molecular formula is C96H134Cl7N9O19. The summed E-state index contributed by atoms with van der Waals surface area (Å²) in [5.41, 5.74) is 12.5. The van der Waals surface area contributed by atoms with Crippen LogP contribution in [-0.2, 0) is 98.7 Å². The summed E-state index contributed by atoms with van der Waals surface area (Å²) in [5.74, 6) is -0.862. The van der Waals surface area contributed by atoms with Crippen molar-refractivity contribution in [1.29, 1.82) is 0 Å². The lowest BCUT2D eigenvalue weighted by Crippen LogP contribution is -2.47. The maximum absolute atomic E-state index is 13.6. The molecule has 3 heterocycles. The fraction of sp³-hybridized carbons (Fsp3) is 0.552. The third-order valence-corrected chi connectivity index (χ3v) is 24.3. The van der Waals surface area contributed by atoms with Gasteiger partial charge in [0, 0.05) is 106 Å². The molecular weight excluding hydrogens is 1830 g/mol. The lowest BCUT2D eigenvalue weighted by Gasteiger charge is -2.32. The van der Waals surface area contributed by atoms with E-state index in [1.807, 2.05) is 107 Å². The number of nitrogens with zero attached hydrogens (tertiary/aromatic N) is 6. The summed E-state index contributed by atoms with van der Waals surface area (Å²) in [6.45, 7) is 24.2. The monoisotopic (exact) mass is 1960 g/mol. The second kappa shape index (κ2) is 59.0. The summed E-state index contributed by atoms with van der Waals surface area (Å²) in [6.07, 6.45) is 0.345. The van der Waals surface area contributed by atoms with E-state index in [9.17, 15) is 48.9 Å². The van der Waals surface area contributed by atoms with Gasteiger partial charge in [0.25, 0.3) is 0 Å². The molecule has 3 aliphatic rings. The van der Waals surface area contributed by atoms with Crippen LogP contribution in [0.2, 0.25) is 30.1 Å². The summed E-state index contributed by atoms with van der Waals surface area (Å²) in [6, 6.07) is 36.1. The van der Waals surface area contributed by atoms with E-state index in [0.29, 0.717) is 174 Å². The number of nitrogens with one attached hydrogen (secondary N) is 2. The van der Waals surface area contributed by atoms with Gasteiger partial charge in [0.1, 0.15) is 12.2 Å². The maximum Gasteiger partial charge on any atom is 0.408 e. The number of amides is 5. The van der Waals surface area contributed by atoms with Crippen molar-refractivity contribution in [3.8, 4) is 0 Å². The van der Waals surface area contributed by atoms with E-state index in [2.05, 4.69) is 25.3 Å². The number of carbonyl (C=O) groups excluding carboxylic acids is 7. The number of hydrogen-bond donors (Lipinski definition) is 6.